The van der Waals surface area contributed by atoms with E-state index >= 15 is 0 Å². The third kappa shape index (κ3) is 8.13. The van der Waals surface area contributed by atoms with Gasteiger partial charge in [0.25, 0.3) is 11.8 Å². The summed E-state index contributed by atoms with van der Waals surface area (Å²) in [5.41, 5.74) is 0.351. The van der Waals surface area contributed by atoms with E-state index < -0.39 is 37.0 Å². The van der Waals surface area contributed by atoms with Crippen molar-refractivity contribution in [2.24, 2.45) is 0 Å². The van der Waals surface area contributed by atoms with Gasteiger partial charge in [0.05, 0.1) is 6.61 Å². The van der Waals surface area contributed by atoms with Crippen LogP contribution in [0.25, 0.3) is 0 Å². The van der Waals surface area contributed by atoms with E-state index in [2.05, 4.69) is 15.4 Å². The summed E-state index contributed by atoms with van der Waals surface area (Å²) in [5.74, 6) is -1.40. The van der Waals surface area contributed by atoms with E-state index in [4.69, 9.17) is 4.74 Å². The van der Waals surface area contributed by atoms with Gasteiger partial charge in [0.1, 0.15) is 12.3 Å². The fourth-order valence-corrected chi connectivity index (χ4v) is 1.78. The van der Waals surface area contributed by atoms with Crippen LogP contribution in [0, 0.1) is 0 Å². The third-order valence-electron chi connectivity index (χ3n) is 2.86. The lowest BCUT2D eigenvalue weighted by atomic mass is 10.2. The van der Waals surface area contributed by atoms with Gasteiger partial charge in [-0.15, -0.1) is 0 Å². The van der Waals surface area contributed by atoms with Crippen molar-refractivity contribution in [3.63, 3.8) is 0 Å². The Morgan fingerprint density at radius 2 is 1.73 bits per heavy atom. The molecule has 0 atom stereocenters. The largest absolute Gasteiger partial charge is 0.494 e. The molecule has 0 aliphatic heterocycles. The van der Waals surface area contributed by atoms with Crippen LogP contribution in [0.1, 0.15) is 31.1 Å². The minimum Gasteiger partial charge on any atom is -0.494 e. The molecule has 0 aliphatic carbocycles. The molecule has 9 nitrogen and oxygen atoms in total. The molecule has 26 heavy (non-hydrogen) atoms. The average molecular weight is 365 g/mol. The van der Waals surface area contributed by atoms with Crippen LogP contribution in [-0.4, -0.2) is 49.6 Å². The van der Waals surface area contributed by atoms with Crippen LogP contribution in [0.5, 0.6) is 5.75 Å². The summed E-state index contributed by atoms with van der Waals surface area (Å²) in [6.07, 6.45) is 0. The summed E-state index contributed by atoms with van der Waals surface area (Å²) in [7, 11) is 0. The Balaban J connectivity index is 2.31. The molecule has 1 aromatic rings. The number of carbonyl (C=O) groups is 4. The Kier molecular flexibility index (Phi) is 8.62. The number of amides is 4. The molecule has 1 aromatic carbocycles. The summed E-state index contributed by atoms with van der Waals surface area (Å²) in [4.78, 5) is 46.2. The van der Waals surface area contributed by atoms with Gasteiger partial charge in [0, 0.05) is 11.6 Å². The van der Waals surface area contributed by atoms with Crippen molar-refractivity contribution in [1.29, 1.82) is 0 Å². The molecule has 4 amide bonds. The number of esters is 1. The number of ether oxygens (including phenoxy) is 2. The zero-order valence-electron chi connectivity index (χ0n) is 15.0. The van der Waals surface area contributed by atoms with Crippen molar-refractivity contribution in [3.05, 3.63) is 29.8 Å². The maximum absolute atomic E-state index is 11.9. The van der Waals surface area contributed by atoms with E-state index in [-0.39, 0.29) is 6.04 Å². The molecule has 0 fully saturated rings. The fourth-order valence-electron chi connectivity index (χ4n) is 1.78. The number of urea groups is 1. The Hall–Kier alpha value is -3.10. The van der Waals surface area contributed by atoms with Crippen LogP contribution in [0.3, 0.4) is 0 Å². The standard InChI is InChI=1S/C17H23N3O6/c1-4-25-13-7-5-12(6-8-13)16(23)18-9-15(22)26-10-14(21)20-17(24)19-11(2)3/h5-8,11H,4,9-10H2,1-3H3,(H,18,23)(H2,19,20,21,24). The predicted octanol–water partition coefficient (Wildman–Crippen LogP) is 0.593. The van der Waals surface area contributed by atoms with E-state index in [9.17, 15) is 19.2 Å². The Bertz CT molecular complexity index is 642. The number of hydrogen-bond donors (Lipinski definition) is 3. The zero-order chi connectivity index (χ0) is 19.5. The molecule has 0 saturated heterocycles. The second kappa shape index (κ2) is 10.7. The minimum absolute atomic E-state index is 0.136. The van der Waals surface area contributed by atoms with Crippen molar-refractivity contribution in [2.45, 2.75) is 26.8 Å². The maximum atomic E-state index is 11.9. The summed E-state index contributed by atoms with van der Waals surface area (Å²) < 4.78 is 9.95. The van der Waals surface area contributed by atoms with Crippen molar-refractivity contribution >= 4 is 23.8 Å². The highest BCUT2D eigenvalue weighted by molar-refractivity contribution is 5.97. The Morgan fingerprint density at radius 3 is 2.31 bits per heavy atom. The zero-order valence-corrected chi connectivity index (χ0v) is 15.0. The lowest BCUT2D eigenvalue weighted by Crippen LogP contribution is -2.44. The van der Waals surface area contributed by atoms with E-state index in [0.29, 0.717) is 17.9 Å². The second-order valence-electron chi connectivity index (χ2n) is 5.48. The van der Waals surface area contributed by atoms with Gasteiger partial charge in [0.2, 0.25) is 0 Å². The van der Waals surface area contributed by atoms with Crippen LogP contribution >= 0.6 is 0 Å². The number of hydrogen-bond acceptors (Lipinski definition) is 6. The molecule has 0 bridgehead atoms. The number of benzene rings is 1. The molecule has 0 radical (unpaired) electrons. The van der Waals surface area contributed by atoms with Crippen molar-refractivity contribution < 1.29 is 28.7 Å². The quantitative estimate of drug-likeness (QED) is 0.580. The molecular weight excluding hydrogens is 342 g/mol. The van der Waals surface area contributed by atoms with Gasteiger partial charge in [0.15, 0.2) is 6.61 Å². The van der Waals surface area contributed by atoms with E-state index in [1.165, 1.54) is 0 Å². The maximum Gasteiger partial charge on any atom is 0.325 e. The molecule has 142 valence electrons. The highest BCUT2D eigenvalue weighted by Gasteiger charge is 2.13. The summed E-state index contributed by atoms with van der Waals surface area (Å²) in [5, 5.41) is 6.84. The molecular formula is C17H23N3O6. The third-order valence-corrected chi connectivity index (χ3v) is 2.86. The number of imide groups is 1. The molecule has 0 spiro atoms. The number of carbonyl (C=O) groups excluding carboxylic acids is 4. The van der Waals surface area contributed by atoms with Crippen molar-refractivity contribution in [3.8, 4) is 5.75 Å². The summed E-state index contributed by atoms with van der Waals surface area (Å²) in [6, 6.07) is 5.60. The number of rotatable bonds is 8. The van der Waals surface area contributed by atoms with Gasteiger partial charge >= 0.3 is 12.0 Å². The first kappa shape index (κ1) is 20.9. The SMILES string of the molecule is CCOc1ccc(C(=O)NCC(=O)OCC(=O)NC(=O)NC(C)C)cc1. The van der Waals surface area contributed by atoms with E-state index in [1.54, 1.807) is 38.1 Å². The molecule has 0 aromatic heterocycles. The molecule has 3 N–H and O–H groups in total. The normalized spacial score (nSPS) is 10.0. The minimum atomic E-state index is -0.802. The van der Waals surface area contributed by atoms with Crippen molar-refractivity contribution in [1.82, 2.24) is 16.0 Å². The van der Waals surface area contributed by atoms with Gasteiger partial charge in [-0.05, 0) is 45.0 Å². The van der Waals surface area contributed by atoms with Gasteiger partial charge in [-0.1, -0.05) is 0 Å². The smallest absolute Gasteiger partial charge is 0.325 e. The molecule has 0 unspecified atom stereocenters. The van der Waals surface area contributed by atoms with Crippen molar-refractivity contribution in [2.75, 3.05) is 19.8 Å². The van der Waals surface area contributed by atoms with Crippen LogP contribution < -0.4 is 20.7 Å². The van der Waals surface area contributed by atoms with Gasteiger partial charge in [-0.2, -0.15) is 0 Å². The van der Waals surface area contributed by atoms with E-state index in [1.807, 2.05) is 12.2 Å². The molecule has 0 saturated carbocycles. The van der Waals surface area contributed by atoms with Crippen LogP contribution in [0.4, 0.5) is 4.79 Å². The summed E-state index contributed by atoms with van der Waals surface area (Å²) in [6.45, 7) is 4.81. The molecule has 0 heterocycles. The van der Waals surface area contributed by atoms with Gasteiger partial charge in [-0.3, -0.25) is 19.7 Å². The first-order chi connectivity index (χ1) is 12.3. The molecule has 1 rings (SSSR count). The Labute approximate surface area is 151 Å². The summed E-state index contributed by atoms with van der Waals surface area (Å²) >= 11 is 0. The lowest BCUT2D eigenvalue weighted by molar-refractivity contribution is -0.147. The second-order valence-corrected chi connectivity index (χ2v) is 5.48. The van der Waals surface area contributed by atoms with Crippen LogP contribution in [-0.2, 0) is 14.3 Å². The van der Waals surface area contributed by atoms with Crippen LogP contribution in [0.15, 0.2) is 24.3 Å². The average Bonchev–Trinajstić information content (AvgIpc) is 2.58. The molecule has 9 heteroatoms. The predicted molar refractivity (Wildman–Crippen MR) is 92.7 cm³/mol. The number of nitrogens with one attached hydrogen (secondary N) is 3. The highest BCUT2D eigenvalue weighted by Crippen LogP contribution is 2.11. The topological polar surface area (TPSA) is 123 Å². The monoisotopic (exact) mass is 365 g/mol. The highest BCUT2D eigenvalue weighted by atomic mass is 16.5. The lowest BCUT2D eigenvalue weighted by Gasteiger charge is -2.10. The van der Waals surface area contributed by atoms with Gasteiger partial charge < -0.3 is 20.1 Å². The van der Waals surface area contributed by atoms with E-state index in [0.717, 1.165) is 0 Å². The molecule has 0 aliphatic rings. The van der Waals surface area contributed by atoms with Crippen LogP contribution in [0.2, 0.25) is 0 Å². The van der Waals surface area contributed by atoms with Gasteiger partial charge in [-0.25, -0.2) is 4.79 Å². The fraction of sp³-hybridized carbons (Fsp3) is 0.412. The first-order valence-corrected chi connectivity index (χ1v) is 8.08. The Morgan fingerprint density at radius 1 is 1.08 bits per heavy atom. The first-order valence-electron chi connectivity index (χ1n) is 8.08.